The van der Waals surface area contributed by atoms with E-state index < -0.39 is 0 Å². The number of aromatic nitrogens is 2. The Balaban J connectivity index is 1.42. The van der Waals surface area contributed by atoms with Crippen molar-refractivity contribution in [3.05, 3.63) is 52.9 Å². The molecular formula is C22H21N3O4S. The van der Waals surface area contributed by atoms with E-state index in [1.807, 2.05) is 24.4 Å². The number of allylic oxidation sites excluding steroid dienone is 1. The largest absolute Gasteiger partial charge is 0.463 e. The van der Waals surface area contributed by atoms with Gasteiger partial charge in [0.25, 0.3) is 0 Å². The van der Waals surface area contributed by atoms with Crippen molar-refractivity contribution in [2.24, 2.45) is 5.92 Å². The summed E-state index contributed by atoms with van der Waals surface area (Å²) in [6.07, 6.45) is 9.38. The Morgan fingerprint density at radius 3 is 2.90 bits per heavy atom. The topological polar surface area (TPSA) is 97.2 Å². The molecule has 7 nitrogen and oxygen atoms in total. The Morgan fingerprint density at radius 2 is 2.10 bits per heavy atom. The van der Waals surface area contributed by atoms with Crippen LogP contribution in [-0.4, -0.2) is 34.9 Å². The van der Waals surface area contributed by atoms with Crippen molar-refractivity contribution in [1.29, 1.82) is 0 Å². The minimum Gasteiger partial charge on any atom is -0.463 e. The normalized spacial score (nSPS) is 18.9. The molecule has 1 unspecified atom stereocenters. The van der Waals surface area contributed by atoms with Crippen molar-refractivity contribution >= 4 is 34.2 Å². The van der Waals surface area contributed by atoms with E-state index in [4.69, 9.17) is 9.15 Å². The van der Waals surface area contributed by atoms with Gasteiger partial charge in [0.2, 0.25) is 5.91 Å². The number of rotatable bonds is 5. The molecule has 3 aromatic heterocycles. The molecule has 154 valence electrons. The predicted molar refractivity (Wildman–Crippen MR) is 114 cm³/mol. The molecule has 1 fully saturated rings. The van der Waals surface area contributed by atoms with Gasteiger partial charge in [0.05, 0.1) is 12.2 Å². The third-order valence-corrected chi connectivity index (χ3v) is 6.57. The summed E-state index contributed by atoms with van der Waals surface area (Å²) < 4.78 is 10.9. The standard InChI is InChI=1S/C22H21N3O4S/c26-19(13-7-11-28-12-8-13)20-18(17-5-2-10-29-17)24-22(30-20)25-21(27)15-3-1-4-16-14(15)6-9-23-16/h1-2,4-6,9-10,13,15,23H,3,7-8,11-12H2,(H,24,25,27). The van der Waals surface area contributed by atoms with Gasteiger partial charge in [-0.05, 0) is 49.1 Å². The number of ketones is 1. The van der Waals surface area contributed by atoms with Gasteiger partial charge >= 0.3 is 0 Å². The van der Waals surface area contributed by atoms with Crippen LogP contribution in [0.1, 0.15) is 46.1 Å². The van der Waals surface area contributed by atoms with Crippen molar-refractivity contribution in [1.82, 2.24) is 9.97 Å². The van der Waals surface area contributed by atoms with Crippen molar-refractivity contribution < 1.29 is 18.7 Å². The summed E-state index contributed by atoms with van der Waals surface area (Å²) in [5.74, 6) is 0.0427. The number of carbonyl (C=O) groups excluding carboxylic acids is 2. The Bertz CT molecular complexity index is 1090. The number of anilines is 1. The SMILES string of the molecule is O=C(c1sc(NC(=O)C2CC=Cc3[nH]ccc32)nc1-c1ccco1)C1CCOCC1. The highest BCUT2D eigenvalue weighted by Crippen LogP contribution is 2.36. The molecule has 1 aliphatic carbocycles. The number of furan rings is 1. The fourth-order valence-corrected chi connectivity index (χ4v) is 4.99. The molecule has 2 N–H and O–H groups in total. The van der Waals surface area contributed by atoms with Crippen LogP contribution in [0.3, 0.4) is 0 Å². The second-order valence-corrected chi connectivity index (χ2v) is 8.45. The van der Waals surface area contributed by atoms with Crippen LogP contribution in [0.4, 0.5) is 5.13 Å². The molecule has 0 aromatic carbocycles. The molecule has 1 atom stereocenters. The monoisotopic (exact) mass is 423 g/mol. The Labute approximate surface area is 177 Å². The van der Waals surface area contributed by atoms with E-state index in [1.54, 1.807) is 18.4 Å². The van der Waals surface area contributed by atoms with E-state index in [2.05, 4.69) is 15.3 Å². The molecule has 1 amide bonds. The van der Waals surface area contributed by atoms with Crippen molar-refractivity contribution in [3.63, 3.8) is 0 Å². The van der Waals surface area contributed by atoms with Gasteiger partial charge in [-0.1, -0.05) is 17.4 Å². The second-order valence-electron chi connectivity index (χ2n) is 7.45. The first-order valence-corrected chi connectivity index (χ1v) is 10.8. The van der Waals surface area contributed by atoms with E-state index in [0.717, 1.165) is 11.3 Å². The van der Waals surface area contributed by atoms with Crippen molar-refractivity contribution in [3.8, 4) is 11.5 Å². The van der Waals surface area contributed by atoms with Gasteiger partial charge in [0, 0.05) is 31.0 Å². The van der Waals surface area contributed by atoms with Crippen LogP contribution in [0.15, 0.2) is 41.2 Å². The summed E-state index contributed by atoms with van der Waals surface area (Å²) in [7, 11) is 0. The van der Waals surface area contributed by atoms with Gasteiger partial charge in [-0.3, -0.25) is 9.59 Å². The lowest BCUT2D eigenvalue weighted by atomic mass is 9.91. The number of hydrogen-bond acceptors (Lipinski definition) is 6. The zero-order valence-electron chi connectivity index (χ0n) is 16.2. The molecule has 0 saturated carbocycles. The molecular weight excluding hydrogens is 402 g/mol. The van der Waals surface area contributed by atoms with Gasteiger partial charge in [-0.15, -0.1) is 0 Å². The number of nitrogens with one attached hydrogen (secondary N) is 2. The number of fused-ring (bicyclic) bond motifs is 1. The number of H-pyrrole nitrogens is 1. The Morgan fingerprint density at radius 1 is 1.23 bits per heavy atom. The number of nitrogens with zero attached hydrogens (tertiary/aromatic N) is 1. The molecule has 30 heavy (non-hydrogen) atoms. The quantitative estimate of drug-likeness (QED) is 0.590. The summed E-state index contributed by atoms with van der Waals surface area (Å²) in [6, 6.07) is 5.47. The number of carbonyl (C=O) groups is 2. The molecule has 3 aromatic rings. The summed E-state index contributed by atoms with van der Waals surface area (Å²) in [4.78, 5) is 34.4. The van der Waals surface area contributed by atoms with Crippen molar-refractivity contribution in [2.75, 3.05) is 18.5 Å². The summed E-state index contributed by atoms with van der Waals surface area (Å²) >= 11 is 1.22. The maximum atomic E-state index is 13.2. The van der Waals surface area contributed by atoms with Gasteiger partial charge in [0.1, 0.15) is 10.6 Å². The number of thiazole rings is 1. The van der Waals surface area contributed by atoms with Crippen LogP contribution in [0.5, 0.6) is 0 Å². The highest BCUT2D eigenvalue weighted by atomic mass is 32.1. The first-order chi connectivity index (χ1) is 14.7. The Hall–Kier alpha value is -2.97. The number of hydrogen-bond donors (Lipinski definition) is 2. The van der Waals surface area contributed by atoms with Crippen LogP contribution in [0, 0.1) is 5.92 Å². The lowest BCUT2D eigenvalue weighted by Crippen LogP contribution is -2.23. The maximum absolute atomic E-state index is 13.2. The first kappa shape index (κ1) is 19.0. The average Bonchev–Trinajstić information content (AvgIpc) is 3.53. The molecule has 4 heterocycles. The highest BCUT2D eigenvalue weighted by Gasteiger charge is 2.30. The number of ether oxygens (including phenoxy) is 1. The molecule has 1 aliphatic heterocycles. The minimum absolute atomic E-state index is 0.0382. The van der Waals surface area contributed by atoms with E-state index in [-0.39, 0.29) is 23.5 Å². The zero-order valence-corrected chi connectivity index (χ0v) is 17.0. The zero-order chi connectivity index (χ0) is 20.5. The molecule has 8 heteroatoms. The maximum Gasteiger partial charge on any atom is 0.234 e. The second kappa shape index (κ2) is 8.04. The van der Waals surface area contributed by atoms with Crippen LogP contribution >= 0.6 is 11.3 Å². The lowest BCUT2D eigenvalue weighted by Gasteiger charge is -2.20. The smallest absolute Gasteiger partial charge is 0.234 e. The summed E-state index contributed by atoms with van der Waals surface area (Å²) in [6.45, 7) is 1.17. The van der Waals surface area contributed by atoms with E-state index in [1.165, 1.54) is 11.3 Å². The fraction of sp³-hybridized carbons (Fsp3) is 0.318. The van der Waals surface area contributed by atoms with E-state index in [9.17, 15) is 9.59 Å². The van der Waals surface area contributed by atoms with Crippen LogP contribution in [0.2, 0.25) is 0 Å². The lowest BCUT2D eigenvalue weighted by molar-refractivity contribution is -0.117. The number of aromatic amines is 1. The Kier molecular flexibility index (Phi) is 5.10. The molecule has 2 aliphatic rings. The predicted octanol–water partition coefficient (Wildman–Crippen LogP) is 4.48. The summed E-state index contributed by atoms with van der Waals surface area (Å²) in [5, 5.41) is 3.34. The molecule has 0 radical (unpaired) electrons. The van der Waals surface area contributed by atoms with Crippen LogP contribution in [0.25, 0.3) is 17.5 Å². The number of amides is 1. The molecule has 1 saturated heterocycles. The first-order valence-electron chi connectivity index (χ1n) is 10.0. The summed E-state index contributed by atoms with van der Waals surface area (Å²) in [5.41, 5.74) is 2.41. The third kappa shape index (κ3) is 3.53. The molecule has 0 bridgehead atoms. The molecule has 0 spiro atoms. The van der Waals surface area contributed by atoms with Gasteiger partial charge in [-0.2, -0.15) is 0 Å². The number of Topliss-reactive ketones (excluding diaryl/α,β-unsaturated/α-hetero) is 1. The van der Waals surface area contributed by atoms with Crippen molar-refractivity contribution in [2.45, 2.75) is 25.2 Å². The highest BCUT2D eigenvalue weighted by molar-refractivity contribution is 7.18. The third-order valence-electron chi connectivity index (χ3n) is 5.59. The van der Waals surface area contributed by atoms with Crippen LogP contribution < -0.4 is 5.32 Å². The average molecular weight is 423 g/mol. The molecule has 5 rings (SSSR count). The van der Waals surface area contributed by atoms with E-state index in [0.29, 0.717) is 53.9 Å². The van der Waals surface area contributed by atoms with Gasteiger partial charge in [0.15, 0.2) is 16.7 Å². The minimum atomic E-state index is -0.290. The fourth-order valence-electron chi connectivity index (χ4n) is 4.00. The van der Waals surface area contributed by atoms with Gasteiger partial charge < -0.3 is 19.5 Å². The van der Waals surface area contributed by atoms with Gasteiger partial charge in [-0.25, -0.2) is 4.98 Å². The van der Waals surface area contributed by atoms with E-state index >= 15 is 0 Å². The van der Waals surface area contributed by atoms with Crippen LogP contribution in [-0.2, 0) is 9.53 Å².